The number of nitrogens with one attached hydrogen (secondary N) is 1. The molecule has 3 aliphatic heterocycles. The van der Waals surface area contributed by atoms with E-state index in [1.807, 2.05) is 18.7 Å². The molecule has 8 heteroatoms. The maximum absolute atomic E-state index is 12.4. The summed E-state index contributed by atoms with van der Waals surface area (Å²) in [6.07, 6.45) is 13.7. The highest BCUT2D eigenvalue weighted by molar-refractivity contribution is 7.90. The van der Waals surface area contributed by atoms with Gasteiger partial charge in [-0.05, 0) is 63.5 Å². The molecule has 0 amide bonds. The lowest BCUT2D eigenvalue weighted by molar-refractivity contribution is -0.0694. The van der Waals surface area contributed by atoms with Crippen molar-refractivity contribution in [3.63, 3.8) is 0 Å². The zero-order valence-corrected chi connectivity index (χ0v) is 18.1. The van der Waals surface area contributed by atoms with E-state index in [-0.39, 0.29) is 5.25 Å². The van der Waals surface area contributed by atoms with Crippen LogP contribution >= 0.6 is 0 Å². The summed E-state index contributed by atoms with van der Waals surface area (Å²) in [7, 11) is -3.10. The smallest absolute Gasteiger partial charge is 0.214 e. The standard InChI is InChI=1S/C21H35N5O2S/c27-29(28,19-5-6-19)23-13-21-18-12-17(20-4-1-2-10-26(20)21)14-25(15-18)9-3-8-24-11-7-22-16-24/h7,11,16-21,23H,1-6,8-10,12-15H2/t17-,18+,20+,21+/m1/s1. The van der Waals surface area contributed by atoms with Gasteiger partial charge in [-0.3, -0.25) is 4.90 Å². The van der Waals surface area contributed by atoms with Crippen LogP contribution in [0.15, 0.2) is 18.7 Å². The largest absolute Gasteiger partial charge is 0.337 e. The summed E-state index contributed by atoms with van der Waals surface area (Å²) in [6, 6.07) is 1.01. The third kappa shape index (κ3) is 4.40. The van der Waals surface area contributed by atoms with Crippen LogP contribution in [0.1, 0.15) is 44.9 Å². The minimum atomic E-state index is -3.10. The molecule has 1 saturated carbocycles. The highest BCUT2D eigenvalue weighted by atomic mass is 32.2. The number of nitrogens with zero attached hydrogens (tertiary/aromatic N) is 4. The number of imidazole rings is 1. The average Bonchev–Trinajstić information content (AvgIpc) is 3.46. The molecular formula is C21H35N5O2S. The van der Waals surface area contributed by atoms with Gasteiger partial charge in [-0.1, -0.05) is 6.42 Å². The lowest BCUT2D eigenvalue weighted by Crippen LogP contribution is -2.65. The molecule has 3 saturated heterocycles. The number of aromatic nitrogens is 2. The first-order valence-corrected chi connectivity index (χ1v) is 13.1. The van der Waals surface area contributed by atoms with Gasteiger partial charge >= 0.3 is 0 Å². The van der Waals surface area contributed by atoms with Crippen molar-refractivity contribution in [2.24, 2.45) is 11.8 Å². The van der Waals surface area contributed by atoms with Crippen LogP contribution in [0.5, 0.6) is 0 Å². The van der Waals surface area contributed by atoms with Crippen molar-refractivity contribution in [3.05, 3.63) is 18.7 Å². The Morgan fingerprint density at radius 3 is 2.72 bits per heavy atom. The second kappa shape index (κ2) is 8.29. The van der Waals surface area contributed by atoms with Crippen molar-refractivity contribution in [2.45, 2.75) is 68.8 Å². The summed E-state index contributed by atoms with van der Waals surface area (Å²) in [6.45, 7) is 6.22. The van der Waals surface area contributed by atoms with Gasteiger partial charge in [-0.25, -0.2) is 18.1 Å². The van der Waals surface area contributed by atoms with Gasteiger partial charge in [0.15, 0.2) is 0 Å². The Kier molecular flexibility index (Phi) is 5.71. The van der Waals surface area contributed by atoms with E-state index >= 15 is 0 Å². The molecule has 1 aromatic heterocycles. The Morgan fingerprint density at radius 1 is 1.07 bits per heavy atom. The molecule has 0 radical (unpaired) electrons. The molecular weight excluding hydrogens is 386 g/mol. The van der Waals surface area contributed by atoms with Crippen LogP contribution in [0.4, 0.5) is 0 Å². The molecule has 0 aromatic carbocycles. The second-order valence-corrected chi connectivity index (χ2v) is 11.7. The van der Waals surface area contributed by atoms with Crippen molar-refractivity contribution in [2.75, 3.05) is 32.7 Å². The molecule has 4 fully saturated rings. The SMILES string of the molecule is O=S(=O)(NC[C@H]1[C@H]2C[C@H](CN(CCCn3ccnc3)C2)[C@@H]2CCCCN21)C1CC1. The van der Waals surface area contributed by atoms with Gasteiger partial charge in [0.05, 0.1) is 11.6 Å². The van der Waals surface area contributed by atoms with Gasteiger partial charge in [0.2, 0.25) is 10.0 Å². The molecule has 0 unspecified atom stereocenters. The molecule has 29 heavy (non-hydrogen) atoms. The van der Waals surface area contributed by atoms with Gasteiger partial charge in [0.1, 0.15) is 0 Å². The van der Waals surface area contributed by atoms with E-state index in [9.17, 15) is 8.42 Å². The Morgan fingerprint density at radius 2 is 1.93 bits per heavy atom. The number of sulfonamides is 1. The fourth-order valence-corrected chi connectivity index (χ4v) is 7.46. The number of hydrogen-bond donors (Lipinski definition) is 1. The number of fused-ring (bicyclic) bond motifs is 4. The van der Waals surface area contributed by atoms with Crippen molar-refractivity contribution in [1.82, 2.24) is 24.1 Å². The van der Waals surface area contributed by atoms with Gasteiger partial charge in [0.25, 0.3) is 0 Å². The third-order valence-electron chi connectivity index (χ3n) is 7.60. The van der Waals surface area contributed by atoms with Crippen LogP contribution in [0, 0.1) is 11.8 Å². The number of hydrogen-bond acceptors (Lipinski definition) is 5. The number of rotatable bonds is 8. The number of likely N-dealkylation sites (tertiary alicyclic amines) is 1. The van der Waals surface area contributed by atoms with E-state index in [2.05, 4.69) is 24.1 Å². The highest BCUT2D eigenvalue weighted by Crippen LogP contribution is 2.41. The van der Waals surface area contributed by atoms with Crippen LogP contribution in [-0.4, -0.2) is 77.8 Å². The molecule has 4 aliphatic rings. The first-order chi connectivity index (χ1) is 14.1. The molecule has 4 heterocycles. The first kappa shape index (κ1) is 20.0. The van der Waals surface area contributed by atoms with E-state index in [0.29, 0.717) is 24.5 Å². The molecule has 5 rings (SSSR count). The summed E-state index contributed by atoms with van der Waals surface area (Å²) >= 11 is 0. The van der Waals surface area contributed by atoms with Gasteiger partial charge < -0.3 is 9.47 Å². The van der Waals surface area contributed by atoms with E-state index in [4.69, 9.17) is 0 Å². The van der Waals surface area contributed by atoms with Gasteiger partial charge in [-0.2, -0.15) is 0 Å². The molecule has 1 N–H and O–H groups in total. The minimum Gasteiger partial charge on any atom is -0.337 e. The van der Waals surface area contributed by atoms with Crippen LogP contribution in [0.2, 0.25) is 0 Å². The fraction of sp³-hybridized carbons (Fsp3) is 0.857. The molecule has 7 nitrogen and oxygen atoms in total. The lowest BCUT2D eigenvalue weighted by atomic mass is 9.72. The zero-order chi connectivity index (χ0) is 19.8. The molecule has 0 spiro atoms. The van der Waals surface area contributed by atoms with Crippen LogP contribution in [0.3, 0.4) is 0 Å². The Balaban J connectivity index is 1.24. The van der Waals surface area contributed by atoms with Crippen molar-refractivity contribution < 1.29 is 8.42 Å². The Labute approximate surface area is 174 Å². The predicted octanol–water partition coefficient (Wildman–Crippen LogP) is 1.53. The Hall–Kier alpha value is -0.960. The quantitative estimate of drug-likeness (QED) is 0.689. The molecule has 162 valence electrons. The van der Waals surface area contributed by atoms with Crippen LogP contribution < -0.4 is 4.72 Å². The first-order valence-electron chi connectivity index (χ1n) is 11.5. The fourth-order valence-electron chi connectivity index (χ4n) is 6.06. The summed E-state index contributed by atoms with van der Waals surface area (Å²) in [5.74, 6) is 1.33. The van der Waals surface area contributed by atoms with E-state index in [1.165, 1.54) is 32.2 Å². The predicted molar refractivity (Wildman–Crippen MR) is 113 cm³/mol. The molecule has 1 aliphatic carbocycles. The molecule has 4 atom stereocenters. The van der Waals surface area contributed by atoms with Gasteiger partial charge in [0, 0.05) is 50.7 Å². The maximum Gasteiger partial charge on any atom is 0.214 e. The van der Waals surface area contributed by atoms with Crippen molar-refractivity contribution in [1.29, 1.82) is 0 Å². The molecule has 2 bridgehead atoms. The second-order valence-electron chi connectivity index (χ2n) is 9.63. The highest BCUT2D eigenvalue weighted by Gasteiger charge is 2.47. The normalized spacial score (nSPS) is 33.5. The van der Waals surface area contributed by atoms with E-state index < -0.39 is 10.0 Å². The average molecular weight is 422 g/mol. The summed E-state index contributed by atoms with van der Waals surface area (Å²) in [5.41, 5.74) is 0. The number of aryl methyl sites for hydroxylation is 1. The lowest BCUT2D eigenvalue weighted by Gasteiger charge is -2.57. The minimum absolute atomic E-state index is 0.123. The van der Waals surface area contributed by atoms with Crippen LogP contribution in [-0.2, 0) is 16.6 Å². The topological polar surface area (TPSA) is 70.5 Å². The monoisotopic (exact) mass is 421 g/mol. The third-order valence-corrected chi connectivity index (χ3v) is 9.52. The van der Waals surface area contributed by atoms with Crippen molar-refractivity contribution in [3.8, 4) is 0 Å². The summed E-state index contributed by atoms with van der Waals surface area (Å²) in [4.78, 5) is 9.49. The Bertz CT molecular complexity index is 779. The van der Waals surface area contributed by atoms with E-state index in [1.54, 1.807) is 0 Å². The van der Waals surface area contributed by atoms with Gasteiger partial charge in [-0.15, -0.1) is 0 Å². The van der Waals surface area contributed by atoms with E-state index in [0.717, 1.165) is 51.4 Å². The summed E-state index contributed by atoms with van der Waals surface area (Å²) < 4.78 is 30.0. The number of piperidine rings is 3. The molecule has 1 aromatic rings. The summed E-state index contributed by atoms with van der Waals surface area (Å²) in [5, 5.41) is -0.123. The maximum atomic E-state index is 12.4. The zero-order valence-electron chi connectivity index (χ0n) is 17.3. The van der Waals surface area contributed by atoms with Crippen molar-refractivity contribution >= 4 is 10.0 Å². The van der Waals surface area contributed by atoms with Crippen LogP contribution in [0.25, 0.3) is 0 Å².